The maximum atomic E-state index is 13.2. The van der Waals surface area contributed by atoms with Crippen molar-refractivity contribution in [2.75, 3.05) is 19.6 Å². The number of nitrogens with zero attached hydrogens (tertiary/aromatic N) is 2. The lowest BCUT2D eigenvalue weighted by molar-refractivity contribution is -0.140. The third kappa shape index (κ3) is 8.62. The van der Waals surface area contributed by atoms with Crippen molar-refractivity contribution in [3.63, 3.8) is 0 Å². The minimum Gasteiger partial charge on any atom is -0.445 e. The van der Waals surface area contributed by atoms with E-state index < -0.39 is 18.2 Å². The number of guanidine groups is 1. The Kier molecular flexibility index (Phi) is 11.9. The molecule has 0 radical (unpaired) electrons. The summed E-state index contributed by atoms with van der Waals surface area (Å²) >= 11 is 0. The molecule has 1 saturated heterocycles. The molecule has 0 aromatic heterocycles. The Balaban J connectivity index is 0.00000512. The standard InChI is InChI=1S/C21H32N6O4.ClH/c1-2-24-18(28)17-11-7-13-27(17)19(29)16(10-6-12-25-20(22)23)26-21(30)31-14-15-8-4-3-5-9-15;/h3-5,8-9,16-17H,2,6-7,10-14H2,1H3,(H,24,28)(H,26,30)(H4,22,23,25);1H. The van der Waals surface area contributed by atoms with Gasteiger partial charge in [0.05, 0.1) is 0 Å². The molecule has 2 unspecified atom stereocenters. The molecule has 1 aromatic rings. The van der Waals surface area contributed by atoms with E-state index in [4.69, 9.17) is 16.2 Å². The summed E-state index contributed by atoms with van der Waals surface area (Å²) in [7, 11) is 0. The molecule has 1 fully saturated rings. The molecule has 2 atom stereocenters. The summed E-state index contributed by atoms with van der Waals surface area (Å²) < 4.78 is 5.26. The number of hydrogen-bond acceptors (Lipinski definition) is 5. The number of likely N-dealkylation sites (tertiary alicyclic amines) is 1. The second-order valence-electron chi connectivity index (χ2n) is 7.29. The van der Waals surface area contributed by atoms with E-state index >= 15 is 0 Å². The Bertz CT molecular complexity index is 773. The molecular weight excluding hydrogens is 436 g/mol. The number of nitrogens with one attached hydrogen (secondary N) is 2. The monoisotopic (exact) mass is 468 g/mol. The van der Waals surface area contributed by atoms with Gasteiger partial charge >= 0.3 is 6.09 Å². The lowest BCUT2D eigenvalue weighted by Crippen LogP contribution is -2.53. The fourth-order valence-electron chi connectivity index (χ4n) is 3.46. The molecular formula is C21H33ClN6O4. The van der Waals surface area contributed by atoms with Crippen LogP contribution >= 0.6 is 12.4 Å². The van der Waals surface area contributed by atoms with Gasteiger partial charge in [0.15, 0.2) is 5.96 Å². The van der Waals surface area contributed by atoms with E-state index in [0.29, 0.717) is 38.9 Å². The Morgan fingerprint density at radius 1 is 1.25 bits per heavy atom. The molecule has 10 nitrogen and oxygen atoms in total. The summed E-state index contributed by atoms with van der Waals surface area (Å²) in [5, 5.41) is 5.41. The van der Waals surface area contributed by atoms with Crippen molar-refractivity contribution in [1.29, 1.82) is 0 Å². The summed E-state index contributed by atoms with van der Waals surface area (Å²) in [6, 6.07) is 7.87. The number of hydrogen-bond donors (Lipinski definition) is 4. The lowest BCUT2D eigenvalue weighted by atomic mass is 10.1. The van der Waals surface area contributed by atoms with Crippen LogP contribution in [0, 0.1) is 0 Å². The second-order valence-corrected chi connectivity index (χ2v) is 7.29. The maximum Gasteiger partial charge on any atom is 0.408 e. The number of halogens is 1. The molecule has 11 heteroatoms. The second kappa shape index (κ2) is 14.1. The van der Waals surface area contributed by atoms with Crippen LogP contribution in [0.1, 0.15) is 38.2 Å². The summed E-state index contributed by atoms with van der Waals surface area (Å²) in [5.74, 6) is -0.525. The highest BCUT2D eigenvalue weighted by atomic mass is 35.5. The highest BCUT2D eigenvalue weighted by molar-refractivity contribution is 5.91. The van der Waals surface area contributed by atoms with E-state index in [1.807, 2.05) is 37.3 Å². The molecule has 1 aliphatic heterocycles. The number of benzene rings is 1. The van der Waals surface area contributed by atoms with Crippen molar-refractivity contribution >= 4 is 36.3 Å². The zero-order valence-electron chi connectivity index (χ0n) is 18.3. The van der Waals surface area contributed by atoms with Crippen LogP contribution in [0.5, 0.6) is 0 Å². The van der Waals surface area contributed by atoms with E-state index in [0.717, 1.165) is 12.0 Å². The molecule has 1 aromatic carbocycles. The smallest absolute Gasteiger partial charge is 0.408 e. The van der Waals surface area contributed by atoms with E-state index in [9.17, 15) is 14.4 Å². The molecule has 0 spiro atoms. The van der Waals surface area contributed by atoms with Crippen molar-refractivity contribution in [1.82, 2.24) is 15.5 Å². The Hall–Kier alpha value is -3.01. The largest absolute Gasteiger partial charge is 0.445 e. The van der Waals surface area contributed by atoms with Crippen LogP contribution in [0.4, 0.5) is 4.79 Å². The summed E-state index contributed by atoms with van der Waals surface area (Å²) in [4.78, 5) is 43.3. The van der Waals surface area contributed by atoms with Crippen molar-refractivity contribution in [2.45, 2.75) is 51.3 Å². The number of likely N-dealkylation sites (N-methyl/N-ethyl adjacent to an activating group) is 1. The number of carbonyl (C=O) groups is 3. The Morgan fingerprint density at radius 2 is 1.97 bits per heavy atom. The minimum atomic E-state index is -0.840. The molecule has 3 amide bonds. The van der Waals surface area contributed by atoms with E-state index in [1.54, 1.807) is 0 Å². The maximum absolute atomic E-state index is 13.2. The molecule has 2 rings (SSSR count). The third-order valence-electron chi connectivity index (χ3n) is 4.94. The van der Waals surface area contributed by atoms with Gasteiger partial charge in [-0.05, 0) is 38.2 Å². The first-order chi connectivity index (χ1) is 14.9. The van der Waals surface area contributed by atoms with Crippen LogP contribution in [0.25, 0.3) is 0 Å². The van der Waals surface area contributed by atoms with Gasteiger partial charge < -0.3 is 31.7 Å². The molecule has 178 valence electrons. The van der Waals surface area contributed by atoms with Crippen LogP contribution in [-0.2, 0) is 20.9 Å². The first-order valence-corrected chi connectivity index (χ1v) is 10.5. The first-order valence-electron chi connectivity index (χ1n) is 10.5. The highest BCUT2D eigenvalue weighted by Gasteiger charge is 2.37. The quantitative estimate of drug-likeness (QED) is 0.227. The number of rotatable bonds is 10. The minimum absolute atomic E-state index is 0. The number of alkyl carbamates (subject to hydrolysis) is 1. The van der Waals surface area contributed by atoms with Crippen LogP contribution in [0.2, 0.25) is 0 Å². The SMILES string of the molecule is CCNC(=O)C1CCCN1C(=O)C(CCCN=C(N)N)NC(=O)OCc1ccccc1.Cl. The lowest BCUT2D eigenvalue weighted by Gasteiger charge is -2.28. The van der Waals surface area contributed by atoms with Gasteiger partial charge in [0.2, 0.25) is 11.8 Å². The van der Waals surface area contributed by atoms with Crippen molar-refractivity contribution in [3.8, 4) is 0 Å². The van der Waals surface area contributed by atoms with Crippen molar-refractivity contribution in [2.24, 2.45) is 16.5 Å². The number of nitrogens with two attached hydrogens (primary N) is 2. The molecule has 1 heterocycles. The Labute approximate surface area is 194 Å². The highest BCUT2D eigenvalue weighted by Crippen LogP contribution is 2.20. The fraction of sp³-hybridized carbons (Fsp3) is 0.524. The van der Waals surface area contributed by atoms with Crippen molar-refractivity contribution in [3.05, 3.63) is 35.9 Å². The number of carbonyl (C=O) groups excluding carboxylic acids is 3. The van der Waals surface area contributed by atoms with Gasteiger partial charge in [-0.25, -0.2) is 4.79 Å². The van der Waals surface area contributed by atoms with E-state index in [1.165, 1.54) is 4.90 Å². The normalized spacial score (nSPS) is 15.8. The molecule has 32 heavy (non-hydrogen) atoms. The summed E-state index contributed by atoms with van der Waals surface area (Å²) in [5.41, 5.74) is 11.5. The van der Waals surface area contributed by atoms with Crippen LogP contribution in [0.3, 0.4) is 0 Å². The average molecular weight is 469 g/mol. The molecule has 1 aliphatic rings. The van der Waals surface area contributed by atoms with Gasteiger partial charge in [0.25, 0.3) is 0 Å². The molecule has 6 N–H and O–H groups in total. The number of amides is 3. The zero-order chi connectivity index (χ0) is 22.6. The van der Waals surface area contributed by atoms with Gasteiger partial charge in [-0.15, -0.1) is 12.4 Å². The molecule has 0 saturated carbocycles. The van der Waals surface area contributed by atoms with Crippen LogP contribution in [-0.4, -0.2) is 60.5 Å². The van der Waals surface area contributed by atoms with Crippen LogP contribution in [0.15, 0.2) is 35.3 Å². The van der Waals surface area contributed by atoms with E-state index in [-0.39, 0.29) is 36.8 Å². The molecule has 0 bridgehead atoms. The van der Waals surface area contributed by atoms with Gasteiger partial charge in [-0.1, -0.05) is 30.3 Å². The Morgan fingerprint density at radius 3 is 2.62 bits per heavy atom. The summed E-state index contributed by atoms with van der Waals surface area (Å²) in [6.45, 7) is 3.20. The summed E-state index contributed by atoms with van der Waals surface area (Å²) in [6.07, 6.45) is 1.42. The topological polar surface area (TPSA) is 152 Å². The predicted octanol–water partition coefficient (Wildman–Crippen LogP) is 0.884. The van der Waals surface area contributed by atoms with Crippen molar-refractivity contribution < 1.29 is 19.1 Å². The first kappa shape index (κ1) is 27.0. The van der Waals surface area contributed by atoms with Crippen LogP contribution < -0.4 is 22.1 Å². The third-order valence-corrected chi connectivity index (χ3v) is 4.94. The fourth-order valence-corrected chi connectivity index (χ4v) is 3.46. The van der Waals surface area contributed by atoms with Gasteiger partial charge in [0.1, 0.15) is 18.7 Å². The van der Waals surface area contributed by atoms with Gasteiger partial charge in [-0.3, -0.25) is 14.6 Å². The number of aliphatic imine (C=N–C) groups is 1. The van der Waals surface area contributed by atoms with Gasteiger partial charge in [0, 0.05) is 19.6 Å². The zero-order valence-corrected chi connectivity index (χ0v) is 19.1. The predicted molar refractivity (Wildman–Crippen MR) is 124 cm³/mol. The number of ether oxygens (including phenoxy) is 1. The average Bonchev–Trinajstić information content (AvgIpc) is 3.25. The molecule has 0 aliphatic carbocycles. The van der Waals surface area contributed by atoms with E-state index in [2.05, 4.69) is 15.6 Å². The van der Waals surface area contributed by atoms with Gasteiger partial charge in [-0.2, -0.15) is 0 Å².